The zero-order valence-corrected chi connectivity index (χ0v) is 16.5. The smallest absolute Gasteiger partial charge is 0.271 e. The second kappa shape index (κ2) is 7.33. The van der Waals surface area contributed by atoms with Crippen LogP contribution in [0.1, 0.15) is 28.8 Å². The third kappa shape index (κ3) is 2.98. The van der Waals surface area contributed by atoms with Gasteiger partial charge in [0.2, 0.25) is 11.6 Å². The Bertz CT molecular complexity index is 972. The van der Waals surface area contributed by atoms with Crippen LogP contribution in [0, 0.1) is 6.92 Å². The first-order valence-corrected chi connectivity index (χ1v) is 9.60. The van der Waals surface area contributed by atoms with E-state index in [9.17, 15) is 14.4 Å². The van der Waals surface area contributed by atoms with Crippen molar-refractivity contribution >= 4 is 29.1 Å². The van der Waals surface area contributed by atoms with Gasteiger partial charge in [0.05, 0.1) is 17.9 Å². The molecule has 1 saturated heterocycles. The van der Waals surface area contributed by atoms with Crippen LogP contribution in [0.5, 0.6) is 0 Å². The van der Waals surface area contributed by atoms with Crippen LogP contribution >= 0.6 is 0 Å². The number of rotatable bonds is 5. The van der Waals surface area contributed by atoms with Crippen LogP contribution in [0.4, 0.5) is 11.4 Å². The summed E-state index contributed by atoms with van der Waals surface area (Å²) in [5.74, 6) is -0.847. The molecule has 1 N–H and O–H groups in total. The van der Waals surface area contributed by atoms with E-state index in [0.717, 1.165) is 5.56 Å². The lowest BCUT2D eigenvalue weighted by Crippen LogP contribution is -2.69. The molecule has 4 rings (SSSR count). The summed E-state index contributed by atoms with van der Waals surface area (Å²) in [4.78, 5) is 42.8. The number of aryl methyl sites for hydroxylation is 1. The van der Waals surface area contributed by atoms with E-state index in [2.05, 4.69) is 5.32 Å². The molecule has 0 radical (unpaired) electrons. The van der Waals surface area contributed by atoms with Crippen molar-refractivity contribution in [1.82, 2.24) is 4.90 Å². The molecule has 0 saturated carbocycles. The van der Waals surface area contributed by atoms with E-state index in [1.165, 1.54) is 9.80 Å². The monoisotopic (exact) mass is 393 g/mol. The normalized spacial score (nSPS) is 20.5. The molecule has 7 heteroatoms. The van der Waals surface area contributed by atoms with Crippen molar-refractivity contribution in [3.63, 3.8) is 0 Å². The van der Waals surface area contributed by atoms with Crippen molar-refractivity contribution in [2.45, 2.75) is 25.4 Å². The summed E-state index contributed by atoms with van der Waals surface area (Å²) in [6, 6.07) is 14.3. The van der Waals surface area contributed by atoms with E-state index >= 15 is 0 Å². The van der Waals surface area contributed by atoms with Crippen LogP contribution in [0.25, 0.3) is 0 Å². The van der Waals surface area contributed by atoms with Gasteiger partial charge in [0.1, 0.15) is 0 Å². The third-order valence-corrected chi connectivity index (χ3v) is 5.57. The molecule has 150 valence electrons. The molecular formula is C22H23N3O4. The van der Waals surface area contributed by atoms with E-state index < -0.39 is 11.6 Å². The van der Waals surface area contributed by atoms with Crippen molar-refractivity contribution in [2.24, 2.45) is 0 Å². The van der Waals surface area contributed by atoms with Crippen molar-refractivity contribution in [3.8, 4) is 0 Å². The van der Waals surface area contributed by atoms with Gasteiger partial charge in [-0.05, 0) is 31.2 Å². The number of anilines is 2. The number of para-hydroxylation sites is 1. The highest BCUT2D eigenvalue weighted by Crippen LogP contribution is 2.44. The number of carbonyl (C=O) groups is 3. The maximum Gasteiger partial charge on any atom is 0.271 e. The highest BCUT2D eigenvalue weighted by molar-refractivity contribution is 6.18. The molecule has 0 aliphatic carbocycles. The van der Waals surface area contributed by atoms with Crippen molar-refractivity contribution in [1.29, 1.82) is 0 Å². The van der Waals surface area contributed by atoms with E-state index in [1.54, 1.807) is 31.4 Å². The summed E-state index contributed by atoms with van der Waals surface area (Å²) < 4.78 is 5.18. The molecule has 29 heavy (non-hydrogen) atoms. The maximum atomic E-state index is 13.6. The number of amides is 3. The van der Waals surface area contributed by atoms with Crippen LogP contribution in [-0.2, 0) is 14.3 Å². The van der Waals surface area contributed by atoms with Gasteiger partial charge in [-0.1, -0.05) is 29.8 Å². The molecule has 2 aliphatic rings. The quantitative estimate of drug-likeness (QED) is 0.847. The number of benzene rings is 2. The molecule has 0 bridgehead atoms. The highest BCUT2D eigenvalue weighted by atomic mass is 16.5. The van der Waals surface area contributed by atoms with Crippen LogP contribution in [0.2, 0.25) is 0 Å². The van der Waals surface area contributed by atoms with Gasteiger partial charge in [-0.2, -0.15) is 0 Å². The van der Waals surface area contributed by atoms with Crippen LogP contribution < -0.4 is 10.2 Å². The van der Waals surface area contributed by atoms with E-state index in [0.29, 0.717) is 16.9 Å². The zero-order valence-electron chi connectivity index (χ0n) is 16.5. The summed E-state index contributed by atoms with van der Waals surface area (Å²) in [5.41, 5.74) is 1.17. The topological polar surface area (TPSA) is 79.0 Å². The maximum absolute atomic E-state index is 13.6. The van der Waals surface area contributed by atoms with Gasteiger partial charge < -0.3 is 15.0 Å². The van der Waals surface area contributed by atoms with Crippen molar-refractivity contribution in [3.05, 3.63) is 59.7 Å². The SMILES string of the molecule is COCCN1C(=O)c2ccccc2N2C(=O)CC[C@]12C(=O)Nc1ccc(C)cc1. The lowest BCUT2D eigenvalue weighted by Gasteiger charge is -2.49. The number of hydrogen-bond acceptors (Lipinski definition) is 4. The summed E-state index contributed by atoms with van der Waals surface area (Å²) in [6.07, 6.45) is 0.416. The van der Waals surface area contributed by atoms with Gasteiger partial charge in [0, 0.05) is 32.2 Å². The number of ether oxygens (including phenoxy) is 1. The minimum atomic E-state index is -1.41. The molecule has 2 aromatic carbocycles. The molecule has 0 spiro atoms. The van der Waals surface area contributed by atoms with Gasteiger partial charge >= 0.3 is 0 Å². The molecular weight excluding hydrogens is 370 g/mol. The summed E-state index contributed by atoms with van der Waals surface area (Å²) in [5, 5.41) is 2.91. The second-order valence-corrected chi connectivity index (χ2v) is 7.33. The van der Waals surface area contributed by atoms with Gasteiger partial charge in [-0.3, -0.25) is 19.3 Å². The number of nitrogens with zero attached hydrogens (tertiary/aromatic N) is 2. The predicted molar refractivity (Wildman–Crippen MR) is 109 cm³/mol. The molecule has 0 unspecified atom stereocenters. The van der Waals surface area contributed by atoms with Gasteiger partial charge in [0.15, 0.2) is 0 Å². The number of methoxy groups -OCH3 is 1. The first-order valence-electron chi connectivity index (χ1n) is 9.60. The standard InChI is InChI=1S/C22H23N3O4/c1-15-7-9-16(10-8-15)23-21(28)22-12-11-19(26)25(22)18-6-4-3-5-17(18)20(27)24(22)13-14-29-2/h3-10H,11-14H2,1-2H3,(H,23,28)/t22-/m0/s1. The average Bonchev–Trinajstić information content (AvgIpc) is 3.08. The molecule has 0 aromatic heterocycles. The summed E-state index contributed by atoms with van der Waals surface area (Å²) >= 11 is 0. The molecule has 1 atom stereocenters. The molecule has 2 aromatic rings. The van der Waals surface area contributed by atoms with Crippen molar-refractivity contribution in [2.75, 3.05) is 30.5 Å². The number of fused-ring (bicyclic) bond motifs is 3. The minimum absolute atomic E-state index is 0.175. The number of hydrogen-bond donors (Lipinski definition) is 1. The Kier molecular flexibility index (Phi) is 4.84. The second-order valence-electron chi connectivity index (χ2n) is 7.33. The van der Waals surface area contributed by atoms with Gasteiger partial charge in [-0.25, -0.2) is 0 Å². The number of carbonyl (C=O) groups excluding carboxylic acids is 3. The fourth-order valence-electron chi connectivity index (χ4n) is 4.14. The Morgan fingerprint density at radius 3 is 2.59 bits per heavy atom. The molecule has 2 aliphatic heterocycles. The lowest BCUT2D eigenvalue weighted by molar-refractivity contribution is -0.129. The Labute approximate surface area is 169 Å². The Morgan fingerprint density at radius 2 is 1.86 bits per heavy atom. The number of nitrogens with one attached hydrogen (secondary N) is 1. The highest BCUT2D eigenvalue weighted by Gasteiger charge is 2.60. The van der Waals surface area contributed by atoms with Crippen LogP contribution in [0.3, 0.4) is 0 Å². The van der Waals surface area contributed by atoms with Gasteiger partial charge in [0.25, 0.3) is 11.8 Å². The largest absolute Gasteiger partial charge is 0.383 e. The summed E-state index contributed by atoms with van der Waals surface area (Å²) in [7, 11) is 1.54. The fourth-order valence-corrected chi connectivity index (χ4v) is 4.14. The zero-order chi connectivity index (χ0) is 20.6. The minimum Gasteiger partial charge on any atom is -0.383 e. The molecule has 3 amide bonds. The fraction of sp³-hybridized carbons (Fsp3) is 0.318. The molecule has 1 fully saturated rings. The Balaban J connectivity index is 1.81. The first kappa shape index (κ1) is 19.1. The van der Waals surface area contributed by atoms with E-state index in [1.807, 2.05) is 31.2 Å². The molecule has 7 nitrogen and oxygen atoms in total. The first-order chi connectivity index (χ1) is 14.0. The van der Waals surface area contributed by atoms with Crippen LogP contribution in [-0.4, -0.2) is 48.5 Å². The predicted octanol–water partition coefficient (Wildman–Crippen LogP) is 2.56. The molecule has 2 heterocycles. The summed E-state index contributed by atoms with van der Waals surface area (Å²) in [6.45, 7) is 2.43. The average molecular weight is 393 g/mol. The van der Waals surface area contributed by atoms with E-state index in [4.69, 9.17) is 4.74 Å². The van der Waals surface area contributed by atoms with Gasteiger partial charge in [-0.15, -0.1) is 0 Å². The van der Waals surface area contributed by atoms with E-state index in [-0.39, 0.29) is 37.8 Å². The lowest BCUT2D eigenvalue weighted by atomic mass is 9.95. The third-order valence-electron chi connectivity index (χ3n) is 5.57. The Morgan fingerprint density at radius 1 is 1.14 bits per heavy atom. The van der Waals surface area contributed by atoms with Crippen molar-refractivity contribution < 1.29 is 19.1 Å². The Hall–Kier alpha value is -3.19. The van der Waals surface area contributed by atoms with Crippen LogP contribution in [0.15, 0.2) is 48.5 Å².